The van der Waals surface area contributed by atoms with E-state index in [1.807, 2.05) is 0 Å². The van der Waals surface area contributed by atoms with Gasteiger partial charge in [0.1, 0.15) is 22.3 Å². The summed E-state index contributed by atoms with van der Waals surface area (Å²) in [6, 6.07) is 0. The molecule has 0 aromatic heterocycles. The van der Waals surface area contributed by atoms with E-state index in [4.69, 9.17) is 29.2 Å². The molecule has 2 aliphatic rings. The van der Waals surface area contributed by atoms with Crippen LogP contribution in [0.15, 0.2) is 0 Å². The van der Waals surface area contributed by atoms with Crippen molar-refractivity contribution in [1.29, 1.82) is 0 Å². The molecule has 36 heavy (non-hydrogen) atoms. The van der Waals surface area contributed by atoms with Crippen LogP contribution in [0.5, 0.6) is 0 Å². The molecule has 0 unspecified atom stereocenters. The minimum atomic E-state index is -1.05. The lowest BCUT2D eigenvalue weighted by Gasteiger charge is -2.44. The number of hydrogen-bond acceptors (Lipinski definition) is 10. The highest BCUT2D eigenvalue weighted by Crippen LogP contribution is 2.39. The maximum atomic E-state index is 11.7. The van der Waals surface area contributed by atoms with Crippen molar-refractivity contribution >= 4 is 24.1 Å². The number of esters is 2. The number of carbonyl (C=O) groups excluding carboxylic acids is 4. The first-order chi connectivity index (χ1) is 16.4. The minimum Gasteiger partial charge on any atom is -0.467 e. The fourth-order valence-electron chi connectivity index (χ4n) is 4.14. The van der Waals surface area contributed by atoms with Gasteiger partial charge in [0.05, 0.1) is 14.2 Å². The summed E-state index contributed by atoms with van der Waals surface area (Å²) in [5.74, 6) is -0.978. The smallest absolute Gasteiger partial charge is 0.408 e. The summed E-state index contributed by atoms with van der Waals surface area (Å²) in [5.41, 5.74) is -3.35. The number of carbonyl (C=O) groups is 4. The molecule has 2 saturated carbocycles. The first-order valence-electron chi connectivity index (χ1n) is 11.9. The zero-order valence-electron chi connectivity index (χ0n) is 22.6. The molecule has 4 N–H and O–H groups in total. The lowest BCUT2D eigenvalue weighted by atomic mass is 9.68. The highest BCUT2D eigenvalue weighted by Gasteiger charge is 2.53. The highest BCUT2D eigenvalue weighted by atomic mass is 16.6. The van der Waals surface area contributed by atoms with Gasteiger partial charge in [-0.15, -0.1) is 0 Å². The molecule has 2 aliphatic carbocycles. The Bertz CT molecular complexity index is 722. The molecule has 2 rings (SSSR count). The van der Waals surface area contributed by atoms with Gasteiger partial charge in [-0.25, -0.2) is 19.2 Å². The van der Waals surface area contributed by atoms with Gasteiger partial charge in [0.2, 0.25) is 0 Å². The second-order valence-corrected chi connectivity index (χ2v) is 11.3. The van der Waals surface area contributed by atoms with Crippen LogP contribution in [0.2, 0.25) is 0 Å². The van der Waals surface area contributed by atoms with E-state index in [1.165, 1.54) is 14.2 Å². The topological polar surface area (TPSA) is 170 Å². The normalized spacial score (nSPS) is 27.1. The molecule has 0 aromatic rings. The van der Waals surface area contributed by atoms with Gasteiger partial charge in [0, 0.05) is 13.2 Å². The Morgan fingerprint density at radius 1 is 0.694 bits per heavy atom. The van der Waals surface area contributed by atoms with Crippen molar-refractivity contribution < 1.29 is 48.3 Å². The van der Waals surface area contributed by atoms with Crippen molar-refractivity contribution in [2.24, 2.45) is 11.8 Å². The number of methoxy groups -OCH3 is 2. The fraction of sp³-hybridized carbons (Fsp3) is 0.833. The Morgan fingerprint density at radius 2 is 0.972 bits per heavy atom. The first-order valence-corrected chi connectivity index (χ1v) is 11.9. The Balaban J connectivity index is 0.000000360. The molecule has 208 valence electrons. The van der Waals surface area contributed by atoms with E-state index >= 15 is 0 Å². The average molecular weight is 519 g/mol. The maximum absolute atomic E-state index is 11.7. The van der Waals surface area contributed by atoms with Gasteiger partial charge in [0.25, 0.3) is 0 Å². The number of hydrogen-bond donors (Lipinski definition) is 4. The fourth-order valence-corrected chi connectivity index (χ4v) is 4.14. The molecule has 0 bridgehead atoms. The largest absolute Gasteiger partial charge is 0.467 e. The molecule has 12 heteroatoms. The van der Waals surface area contributed by atoms with E-state index < -0.39 is 46.4 Å². The third kappa shape index (κ3) is 8.81. The van der Waals surface area contributed by atoms with Gasteiger partial charge in [-0.05, 0) is 79.1 Å². The number of rotatable bonds is 6. The van der Waals surface area contributed by atoms with E-state index in [-0.39, 0.29) is 25.0 Å². The Kier molecular flexibility index (Phi) is 10.6. The zero-order valence-corrected chi connectivity index (χ0v) is 22.6. The second kappa shape index (κ2) is 12.1. The molecule has 0 atom stereocenters. The molecule has 0 radical (unpaired) electrons. The summed E-state index contributed by atoms with van der Waals surface area (Å²) >= 11 is 0. The summed E-state index contributed by atoms with van der Waals surface area (Å²) in [6.45, 7) is 10.5. The predicted molar refractivity (Wildman–Crippen MR) is 128 cm³/mol. The van der Waals surface area contributed by atoms with Gasteiger partial charge in [-0.3, -0.25) is 0 Å². The number of aliphatic hydroxyl groups is 2. The van der Waals surface area contributed by atoms with E-state index in [9.17, 15) is 19.2 Å². The molecule has 2 fully saturated rings. The Labute approximate surface area is 212 Å². The van der Waals surface area contributed by atoms with Crippen LogP contribution in [0.4, 0.5) is 9.59 Å². The first kappa shape index (κ1) is 31.4. The van der Waals surface area contributed by atoms with Crippen LogP contribution in [-0.4, -0.2) is 84.1 Å². The van der Waals surface area contributed by atoms with Crippen LogP contribution in [-0.2, 0) is 28.5 Å². The lowest BCUT2D eigenvalue weighted by molar-refractivity contribution is -0.156. The summed E-state index contributed by atoms with van der Waals surface area (Å²) < 4.78 is 19.6. The highest BCUT2D eigenvalue weighted by molar-refractivity contribution is 5.87. The Hall–Kier alpha value is -2.60. The van der Waals surface area contributed by atoms with E-state index in [1.54, 1.807) is 41.5 Å². The molecule has 0 aliphatic heterocycles. The van der Waals surface area contributed by atoms with Crippen molar-refractivity contribution in [2.45, 2.75) is 89.5 Å². The van der Waals surface area contributed by atoms with Crippen molar-refractivity contribution in [1.82, 2.24) is 10.6 Å². The van der Waals surface area contributed by atoms with Crippen molar-refractivity contribution in [3.63, 3.8) is 0 Å². The van der Waals surface area contributed by atoms with Crippen LogP contribution < -0.4 is 10.6 Å². The van der Waals surface area contributed by atoms with Gasteiger partial charge >= 0.3 is 24.1 Å². The zero-order chi connectivity index (χ0) is 27.9. The summed E-state index contributed by atoms with van der Waals surface area (Å²) in [4.78, 5) is 46.8. The summed E-state index contributed by atoms with van der Waals surface area (Å²) in [7, 11) is 2.54. The molecule has 0 saturated heterocycles. The molecule has 2 amide bonds. The number of aliphatic hydroxyl groups excluding tert-OH is 2. The third-order valence-corrected chi connectivity index (χ3v) is 5.70. The molecule has 12 nitrogen and oxygen atoms in total. The van der Waals surface area contributed by atoms with E-state index in [0.29, 0.717) is 25.7 Å². The van der Waals surface area contributed by atoms with Crippen molar-refractivity contribution in [3.8, 4) is 0 Å². The van der Waals surface area contributed by atoms with Crippen molar-refractivity contribution in [2.75, 3.05) is 27.4 Å². The van der Waals surface area contributed by atoms with Gasteiger partial charge in [-0.1, -0.05) is 0 Å². The van der Waals surface area contributed by atoms with Gasteiger partial charge in [0.15, 0.2) is 0 Å². The predicted octanol–water partition coefficient (Wildman–Crippen LogP) is 1.65. The van der Waals surface area contributed by atoms with E-state index in [2.05, 4.69) is 10.6 Å². The standard InChI is InChI=1S/2C12H21NO5/c2*1-11(2,3)18-10(16)13-12(9(15)17-4)5-8(6-12)7-14/h2*8,14H,5-7H2,1-4H3,(H,13,16). The van der Waals surface area contributed by atoms with Crippen LogP contribution in [0.1, 0.15) is 67.2 Å². The minimum absolute atomic E-state index is 0.00522. The summed E-state index contributed by atoms with van der Waals surface area (Å²) in [6.07, 6.45) is 0.184. The van der Waals surface area contributed by atoms with Crippen LogP contribution in [0.25, 0.3) is 0 Å². The van der Waals surface area contributed by atoms with E-state index in [0.717, 1.165) is 0 Å². The number of ether oxygens (including phenoxy) is 4. The van der Waals surface area contributed by atoms with Crippen LogP contribution >= 0.6 is 0 Å². The van der Waals surface area contributed by atoms with Gasteiger partial charge < -0.3 is 39.8 Å². The summed E-state index contributed by atoms with van der Waals surface area (Å²) in [5, 5.41) is 23.1. The maximum Gasteiger partial charge on any atom is 0.408 e. The number of nitrogens with one attached hydrogen (secondary N) is 2. The molecule has 0 heterocycles. The third-order valence-electron chi connectivity index (χ3n) is 5.70. The molecule has 0 spiro atoms. The molecule has 0 aromatic carbocycles. The number of amides is 2. The van der Waals surface area contributed by atoms with Gasteiger partial charge in [-0.2, -0.15) is 0 Å². The average Bonchev–Trinajstić information content (AvgIpc) is 2.69. The SMILES string of the molecule is COC(=O)C1(NC(=O)OC(C)(C)C)CC(CO)C1.COC(=O)C1(NC(=O)OC(C)(C)C)CC(CO)C1. The molecular formula is C24H42N2O10. The number of alkyl carbamates (subject to hydrolysis) is 2. The van der Waals surface area contributed by atoms with Crippen molar-refractivity contribution in [3.05, 3.63) is 0 Å². The van der Waals surface area contributed by atoms with Crippen LogP contribution in [0, 0.1) is 11.8 Å². The monoisotopic (exact) mass is 518 g/mol. The quantitative estimate of drug-likeness (QED) is 0.299. The lowest BCUT2D eigenvalue weighted by Crippen LogP contribution is -2.64. The second-order valence-electron chi connectivity index (χ2n) is 11.3. The van der Waals surface area contributed by atoms with Crippen LogP contribution in [0.3, 0.4) is 0 Å². The molecular weight excluding hydrogens is 476 g/mol. The Morgan fingerprint density at radius 3 is 1.17 bits per heavy atom.